The molecule has 1 aliphatic rings. The Morgan fingerprint density at radius 1 is 1.12 bits per heavy atom. The zero-order valence-electron chi connectivity index (χ0n) is 13.8. The molecule has 1 fully saturated rings. The lowest BCUT2D eigenvalue weighted by molar-refractivity contribution is -0.112. The van der Waals surface area contributed by atoms with Crippen molar-refractivity contribution in [1.29, 1.82) is 0 Å². The van der Waals surface area contributed by atoms with Gasteiger partial charge in [-0.25, -0.2) is 8.42 Å². The molecule has 1 aliphatic heterocycles. The minimum atomic E-state index is -3.70. The summed E-state index contributed by atoms with van der Waals surface area (Å²) >= 11 is 3.34. The van der Waals surface area contributed by atoms with Crippen LogP contribution in [0.1, 0.15) is 17.5 Å². The number of hydrogen-bond acceptors (Lipinski definition) is 4. The average Bonchev–Trinajstić information content (AvgIpc) is 2.58. The van der Waals surface area contributed by atoms with E-state index in [1.807, 2.05) is 6.92 Å². The Bertz CT molecular complexity index is 852. The summed E-state index contributed by atoms with van der Waals surface area (Å²) in [5.74, 6) is 0. The first-order valence-corrected chi connectivity index (χ1v) is 10.2. The van der Waals surface area contributed by atoms with Gasteiger partial charge in [0.2, 0.25) is 10.0 Å². The van der Waals surface area contributed by atoms with E-state index in [0.29, 0.717) is 5.56 Å². The van der Waals surface area contributed by atoms with Crippen molar-refractivity contribution in [2.45, 2.75) is 29.9 Å². The fourth-order valence-electron chi connectivity index (χ4n) is 3.05. The molecule has 5 nitrogen and oxygen atoms in total. The molecule has 0 aromatic heterocycles. The van der Waals surface area contributed by atoms with Crippen LogP contribution in [0.25, 0.3) is 0 Å². The number of nitrogens with zero attached hydrogens (tertiary/aromatic N) is 1. The van der Waals surface area contributed by atoms with Crippen molar-refractivity contribution < 1.29 is 18.6 Å². The zero-order chi connectivity index (χ0) is 18.2. The molecule has 7 heteroatoms. The second kappa shape index (κ2) is 6.81. The molecule has 0 bridgehead atoms. The first-order chi connectivity index (χ1) is 11.7. The molecule has 2 aromatic rings. The summed E-state index contributed by atoms with van der Waals surface area (Å²) in [7, 11) is -3.70. The maximum Gasteiger partial charge on any atom is 0.243 e. The molecule has 134 valence electrons. The second-order valence-electron chi connectivity index (χ2n) is 6.37. The molecule has 2 aromatic carbocycles. The third-order valence-electron chi connectivity index (χ3n) is 4.67. The van der Waals surface area contributed by atoms with Gasteiger partial charge >= 0.3 is 0 Å². The molecule has 1 saturated heterocycles. The second-order valence-corrected chi connectivity index (χ2v) is 9.23. The molecule has 2 atom stereocenters. The largest absolute Gasteiger partial charge is 0.388 e. The normalized spacial score (nSPS) is 25.0. The molecule has 1 heterocycles. The van der Waals surface area contributed by atoms with Crippen LogP contribution < -0.4 is 0 Å². The van der Waals surface area contributed by atoms with Crippen LogP contribution in [0.5, 0.6) is 0 Å². The molecular weight excluding hydrogens is 406 g/mol. The Kier molecular flexibility index (Phi) is 5.05. The monoisotopic (exact) mass is 425 g/mol. The van der Waals surface area contributed by atoms with E-state index in [1.54, 1.807) is 48.5 Å². The lowest BCUT2D eigenvalue weighted by atomic mass is 9.83. The average molecular weight is 426 g/mol. The Labute approximate surface area is 156 Å². The topological polar surface area (TPSA) is 77.8 Å². The van der Waals surface area contributed by atoms with Crippen molar-refractivity contribution >= 4 is 26.0 Å². The summed E-state index contributed by atoms with van der Waals surface area (Å²) in [6, 6.07) is 13.6. The predicted octanol–water partition coefficient (Wildman–Crippen LogP) is 2.40. The first-order valence-electron chi connectivity index (χ1n) is 7.97. The fraction of sp³-hybridized carbons (Fsp3) is 0.333. The van der Waals surface area contributed by atoms with E-state index in [4.69, 9.17) is 0 Å². The van der Waals surface area contributed by atoms with Crippen LogP contribution in [-0.2, 0) is 15.6 Å². The van der Waals surface area contributed by atoms with Crippen LogP contribution in [0.3, 0.4) is 0 Å². The smallest absolute Gasteiger partial charge is 0.243 e. The first kappa shape index (κ1) is 18.5. The standard InChI is InChI=1S/C18H20BrNO4S/c1-13-2-8-16(9-3-13)25(23,24)20-11-10-18(22,17(21)12-20)14-4-6-15(19)7-5-14/h2-9,17,21-22H,10-12H2,1H3/t17-,18+/m0/s1. The minimum absolute atomic E-state index is 0.126. The van der Waals surface area contributed by atoms with E-state index in [-0.39, 0.29) is 24.4 Å². The number of aliphatic hydroxyl groups excluding tert-OH is 1. The number of aliphatic hydroxyl groups is 2. The molecule has 0 amide bonds. The number of hydrogen-bond donors (Lipinski definition) is 2. The summed E-state index contributed by atoms with van der Waals surface area (Å²) in [5, 5.41) is 21.4. The number of β-amino-alcohol motifs (C(OH)–C–C–N with tert-alkyl or cyclic N) is 1. The molecular formula is C18H20BrNO4S. The number of aryl methyl sites for hydroxylation is 1. The van der Waals surface area contributed by atoms with Crippen LogP contribution in [0.15, 0.2) is 57.9 Å². The third kappa shape index (κ3) is 3.52. The van der Waals surface area contributed by atoms with Crippen LogP contribution in [0.2, 0.25) is 0 Å². The van der Waals surface area contributed by atoms with Crippen molar-refractivity contribution in [1.82, 2.24) is 4.31 Å². The van der Waals surface area contributed by atoms with E-state index in [1.165, 1.54) is 4.31 Å². The molecule has 0 saturated carbocycles. The molecule has 0 spiro atoms. The highest BCUT2D eigenvalue weighted by Crippen LogP contribution is 2.35. The highest BCUT2D eigenvalue weighted by Gasteiger charge is 2.45. The summed E-state index contributed by atoms with van der Waals surface area (Å²) in [6.45, 7) is 1.88. The highest BCUT2D eigenvalue weighted by atomic mass is 79.9. The molecule has 25 heavy (non-hydrogen) atoms. The molecule has 3 rings (SSSR count). The van der Waals surface area contributed by atoms with Crippen molar-refractivity contribution in [3.8, 4) is 0 Å². The third-order valence-corrected chi connectivity index (χ3v) is 7.08. The number of halogens is 1. The van der Waals surface area contributed by atoms with E-state index in [9.17, 15) is 18.6 Å². The molecule has 0 unspecified atom stereocenters. The Hall–Kier alpha value is -1.25. The van der Waals surface area contributed by atoms with Gasteiger partial charge in [0.15, 0.2) is 0 Å². The summed E-state index contributed by atoms with van der Waals surface area (Å²) in [4.78, 5) is 0.194. The summed E-state index contributed by atoms with van der Waals surface area (Å²) in [6.07, 6.45) is -1.08. The van der Waals surface area contributed by atoms with Crippen molar-refractivity contribution in [3.05, 3.63) is 64.1 Å². The quantitative estimate of drug-likeness (QED) is 0.791. The number of benzene rings is 2. The summed E-state index contributed by atoms with van der Waals surface area (Å²) in [5.41, 5.74) is 0.0952. The highest BCUT2D eigenvalue weighted by molar-refractivity contribution is 9.10. The van der Waals surface area contributed by atoms with Gasteiger partial charge in [-0.05, 0) is 43.2 Å². The fourth-order valence-corrected chi connectivity index (χ4v) is 4.76. The Morgan fingerprint density at radius 3 is 2.28 bits per heavy atom. The van der Waals surface area contributed by atoms with Gasteiger partial charge in [-0.2, -0.15) is 4.31 Å². The van der Waals surface area contributed by atoms with E-state index in [2.05, 4.69) is 15.9 Å². The van der Waals surface area contributed by atoms with Gasteiger partial charge in [-0.15, -0.1) is 0 Å². The summed E-state index contributed by atoms with van der Waals surface area (Å²) < 4.78 is 27.6. The van der Waals surface area contributed by atoms with Gasteiger partial charge in [0.25, 0.3) is 0 Å². The van der Waals surface area contributed by atoms with E-state index < -0.39 is 21.7 Å². The minimum Gasteiger partial charge on any atom is -0.388 e. The van der Waals surface area contributed by atoms with Crippen molar-refractivity contribution in [2.24, 2.45) is 0 Å². The maximum atomic E-state index is 12.8. The Balaban J connectivity index is 1.83. The van der Waals surface area contributed by atoms with Gasteiger partial charge in [0, 0.05) is 17.6 Å². The van der Waals surface area contributed by atoms with E-state index >= 15 is 0 Å². The van der Waals surface area contributed by atoms with Crippen molar-refractivity contribution in [3.63, 3.8) is 0 Å². The molecule has 0 aliphatic carbocycles. The Morgan fingerprint density at radius 2 is 1.72 bits per heavy atom. The number of sulfonamides is 1. The SMILES string of the molecule is Cc1ccc(S(=O)(=O)N2CC[C@@](O)(c3ccc(Br)cc3)[C@@H](O)C2)cc1. The van der Waals surface area contributed by atoms with Crippen LogP contribution in [0, 0.1) is 6.92 Å². The lowest BCUT2D eigenvalue weighted by Crippen LogP contribution is -2.54. The van der Waals surface area contributed by atoms with Crippen LogP contribution in [-0.4, -0.2) is 42.1 Å². The van der Waals surface area contributed by atoms with Crippen molar-refractivity contribution in [2.75, 3.05) is 13.1 Å². The predicted molar refractivity (Wildman–Crippen MR) is 98.6 cm³/mol. The van der Waals surface area contributed by atoms with E-state index in [0.717, 1.165) is 10.0 Å². The van der Waals surface area contributed by atoms with Gasteiger partial charge in [0.05, 0.1) is 4.90 Å². The lowest BCUT2D eigenvalue weighted by Gasteiger charge is -2.41. The van der Waals surface area contributed by atoms with Crippen LogP contribution >= 0.6 is 15.9 Å². The number of rotatable bonds is 3. The number of piperidine rings is 1. The molecule has 2 N–H and O–H groups in total. The maximum absolute atomic E-state index is 12.8. The van der Waals surface area contributed by atoms with Gasteiger partial charge < -0.3 is 10.2 Å². The zero-order valence-corrected chi connectivity index (χ0v) is 16.2. The van der Waals surface area contributed by atoms with Crippen LogP contribution in [0.4, 0.5) is 0 Å². The van der Waals surface area contributed by atoms with Gasteiger partial charge in [0.1, 0.15) is 11.7 Å². The van der Waals surface area contributed by atoms with Gasteiger partial charge in [-0.1, -0.05) is 45.8 Å². The molecule has 0 radical (unpaired) electrons. The van der Waals surface area contributed by atoms with Gasteiger partial charge in [-0.3, -0.25) is 0 Å².